The lowest BCUT2D eigenvalue weighted by Crippen LogP contribution is -2.41. The molecule has 6 heteroatoms. The molecule has 0 bridgehead atoms. The molecule has 0 saturated heterocycles. The van der Waals surface area contributed by atoms with E-state index >= 15 is 0 Å². The van der Waals surface area contributed by atoms with E-state index in [2.05, 4.69) is 10.4 Å². The fraction of sp³-hybridized carbons (Fsp3) is 0.636. The number of hydrogen-bond donors (Lipinski definition) is 1. The van der Waals surface area contributed by atoms with Crippen LogP contribution in [-0.4, -0.2) is 26.1 Å². The highest BCUT2D eigenvalue weighted by molar-refractivity contribution is 6.53. The molecule has 0 aliphatic heterocycles. The molecule has 1 aliphatic rings. The number of carbonyl (C=O) groups is 1. The van der Waals surface area contributed by atoms with Gasteiger partial charge >= 0.3 is 0 Å². The van der Waals surface area contributed by atoms with E-state index < -0.39 is 9.75 Å². The van der Waals surface area contributed by atoms with Crippen LogP contribution >= 0.6 is 23.2 Å². The van der Waals surface area contributed by atoms with Crippen molar-refractivity contribution < 1.29 is 4.79 Å². The van der Waals surface area contributed by atoms with Gasteiger partial charge in [0.2, 0.25) is 5.91 Å². The molecule has 0 radical (unpaired) electrons. The van der Waals surface area contributed by atoms with Crippen molar-refractivity contribution in [2.24, 2.45) is 5.41 Å². The summed E-state index contributed by atoms with van der Waals surface area (Å²) in [6.45, 7) is 4.34. The van der Waals surface area contributed by atoms with Gasteiger partial charge in [0.05, 0.1) is 12.0 Å². The lowest BCUT2D eigenvalue weighted by molar-refractivity contribution is -0.126. The SMILES string of the molecule is C[C@@H](Cn1cccn1)NC(=O)[C@@]1(C)CC1(Cl)Cl. The highest BCUT2D eigenvalue weighted by Crippen LogP contribution is 2.63. The Bertz CT molecular complexity index is 418. The number of alkyl halides is 2. The summed E-state index contributed by atoms with van der Waals surface area (Å²) in [6, 6.07) is 1.84. The molecule has 1 fully saturated rings. The summed E-state index contributed by atoms with van der Waals surface area (Å²) >= 11 is 11.9. The number of rotatable bonds is 4. The highest BCUT2D eigenvalue weighted by atomic mass is 35.5. The van der Waals surface area contributed by atoms with Crippen molar-refractivity contribution in [2.75, 3.05) is 0 Å². The van der Waals surface area contributed by atoms with Gasteiger partial charge in [0.25, 0.3) is 0 Å². The van der Waals surface area contributed by atoms with Crippen molar-refractivity contribution in [3.8, 4) is 0 Å². The van der Waals surface area contributed by atoms with Gasteiger partial charge in [-0.2, -0.15) is 5.10 Å². The number of amides is 1. The van der Waals surface area contributed by atoms with Gasteiger partial charge in [-0.3, -0.25) is 9.48 Å². The first-order chi connectivity index (χ1) is 7.85. The molecule has 0 aromatic carbocycles. The normalized spacial score (nSPS) is 27.5. The largest absolute Gasteiger partial charge is 0.351 e. The van der Waals surface area contributed by atoms with Crippen LogP contribution in [0.4, 0.5) is 0 Å². The van der Waals surface area contributed by atoms with Gasteiger partial charge in [0.15, 0.2) is 0 Å². The minimum absolute atomic E-state index is 0.0102. The number of carbonyl (C=O) groups excluding carboxylic acids is 1. The molecule has 0 spiro atoms. The van der Waals surface area contributed by atoms with Crippen LogP contribution in [-0.2, 0) is 11.3 Å². The first-order valence-electron chi connectivity index (χ1n) is 5.51. The van der Waals surface area contributed by atoms with Crippen LogP contribution in [0.3, 0.4) is 0 Å². The zero-order chi connectivity index (χ0) is 12.7. The molecule has 1 aromatic rings. The Morgan fingerprint density at radius 2 is 2.29 bits per heavy atom. The van der Waals surface area contributed by atoms with Gasteiger partial charge in [-0.05, 0) is 26.3 Å². The Hall–Kier alpha value is -0.740. The third-order valence-electron chi connectivity index (χ3n) is 3.16. The molecule has 94 valence electrons. The summed E-state index contributed by atoms with van der Waals surface area (Å²) in [5.74, 6) is -0.0952. The third-order valence-corrected chi connectivity index (χ3v) is 4.26. The predicted molar refractivity (Wildman–Crippen MR) is 67.0 cm³/mol. The standard InChI is InChI=1S/C11H15Cl2N3O/c1-8(6-16-5-3-4-14-16)15-9(17)10(2)7-11(10,12)13/h3-5,8H,6-7H2,1-2H3,(H,15,17)/t8-,10+/m0/s1. The second-order valence-electron chi connectivity index (χ2n) is 4.82. The molecule has 17 heavy (non-hydrogen) atoms. The molecule has 1 amide bonds. The smallest absolute Gasteiger partial charge is 0.229 e. The average Bonchev–Trinajstić information content (AvgIpc) is 2.64. The molecule has 4 nitrogen and oxygen atoms in total. The van der Waals surface area contributed by atoms with Gasteiger partial charge < -0.3 is 5.32 Å². The number of hydrogen-bond acceptors (Lipinski definition) is 2. The van der Waals surface area contributed by atoms with Gasteiger partial charge in [-0.1, -0.05) is 0 Å². The number of nitrogens with one attached hydrogen (secondary N) is 1. The first kappa shape index (κ1) is 12.7. The molecular formula is C11H15Cl2N3O. The third kappa shape index (κ3) is 2.43. The van der Waals surface area contributed by atoms with Crippen LogP contribution in [0.1, 0.15) is 20.3 Å². The molecule has 1 N–H and O–H groups in total. The Morgan fingerprint density at radius 1 is 1.65 bits per heavy atom. The van der Waals surface area contributed by atoms with E-state index in [-0.39, 0.29) is 11.9 Å². The minimum atomic E-state index is -0.914. The summed E-state index contributed by atoms with van der Waals surface area (Å²) in [6.07, 6.45) is 4.07. The second kappa shape index (κ2) is 4.18. The van der Waals surface area contributed by atoms with Gasteiger partial charge in [0, 0.05) is 18.4 Å². The van der Waals surface area contributed by atoms with E-state index in [9.17, 15) is 4.79 Å². The fourth-order valence-electron chi connectivity index (χ4n) is 1.76. The summed E-state index contributed by atoms with van der Waals surface area (Å²) in [5, 5.41) is 6.99. The van der Waals surface area contributed by atoms with Crippen molar-refractivity contribution in [2.45, 2.75) is 37.2 Å². The van der Waals surface area contributed by atoms with E-state index in [0.29, 0.717) is 13.0 Å². The van der Waals surface area contributed by atoms with Crippen molar-refractivity contribution in [1.29, 1.82) is 0 Å². The lowest BCUT2D eigenvalue weighted by atomic mass is 10.1. The van der Waals surface area contributed by atoms with Crippen LogP contribution in [0.2, 0.25) is 0 Å². The van der Waals surface area contributed by atoms with E-state index in [4.69, 9.17) is 23.2 Å². The molecule has 1 aliphatic carbocycles. The van der Waals surface area contributed by atoms with Crippen LogP contribution in [0.5, 0.6) is 0 Å². The highest BCUT2D eigenvalue weighted by Gasteiger charge is 2.67. The Morgan fingerprint density at radius 3 is 2.76 bits per heavy atom. The van der Waals surface area contributed by atoms with Crippen LogP contribution in [0.25, 0.3) is 0 Å². The monoisotopic (exact) mass is 275 g/mol. The number of nitrogens with zero attached hydrogens (tertiary/aromatic N) is 2. The summed E-state index contributed by atoms with van der Waals surface area (Å²) in [4.78, 5) is 12.0. The lowest BCUT2D eigenvalue weighted by Gasteiger charge is -2.18. The van der Waals surface area contributed by atoms with E-state index in [0.717, 1.165) is 0 Å². The number of aromatic nitrogens is 2. The maximum Gasteiger partial charge on any atom is 0.229 e. The van der Waals surface area contributed by atoms with Crippen molar-refractivity contribution >= 4 is 29.1 Å². The zero-order valence-corrected chi connectivity index (χ0v) is 11.3. The van der Waals surface area contributed by atoms with Gasteiger partial charge in [-0.25, -0.2) is 0 Å². The van der Waals surface area contributed by atoms with Crippen molar-refractivity contribution in [3.05, 3.63) is 18.5 Å². The maximum absolute atomic E-state index is 12.0. The average molecular weight is 276 g/mol. The zero-order valence-electron chi connectivity index (χ0n) is 9.78. The topological polar surface area (TPSA) is 46.9 Å². The van der Waals surface area contributed by atoms with E-state index in [1.54, 1.807) is 17.8 Å². The van der Waals surface area contributed by atoms with Crippen molar-refractivity contribution in [1.82, 2.24) is 15.1 Å². The van der Waals surface area contributed by atoms with Gasteiger partial charge in [-0.15, -0.1) is 23.2 Å². The molecule has 1 aromatic heterocycles. The molecule has 1 saturated carbocycles. The predicted octanol–water partition coefficient (Wildman–Crippen LogP) is 1.97. The fourth-order valence-corrected chi connectivity index (χ4v) is 2.47. The maximum atomic E-state index is 12.0. The Balaban J connectivity index is 1.88. The number of halogens is 2. The van der Waals surface area contributed by atoms with Crippen molar-refractivity contribution in [3.63, 3.8) is 0 Å². The Kier molecular flexibility index (Phi) is 3.12. The molecule has 2 atom stereocenters. The first-order valence-corrected chi connectivity index (χ1v) is 6.27. The van der Waals surface area contributed by atoms with Crippen LogP contribution in [0, 0.1) is 5.41 Å². The van der Waals surface area contributed by atoms with E-state index in [1.165, 1.54) is 0 Å². The summed E-state index contributed by atoms with van der Waals surface area (Å²) in [7, 11) is 0. The molecule has 1 heterocycles. The Labute approximate surface area is 110 Å². The van der Waals surface area contributed by atoms with Gasteiger partial charge in [0.1, 0.15) is 4.33 Å². The molecule has 2 rings (SSSR count). The molecule has 0 unspecified atom stereocenters. The summed E-state index contributed by atoms with van der Waals surface area (Å²) < 4.78 is 0.858. The van der Waals surface area contributed by atoms with Crippen LogP contribution in [0.15, 0.2) is 18.5 Å². The van der Waals surface area contributed by atoms with Crippen LogP contribution < -0.4 is 5.32 Å². The quantitative estimate of drug-likeness (QED) is 0.855. The summed E-state index contributed by atoms with van der Waals surface area (Å²) in [5.41, 5.74) is -0.658. The minimum Gasteiger partial charge on any atom is -0.351 e. The van der Waals surface area contributed by atoms with E-state index in [1.807, 2.05) is 19.2 Å². The second-order valence-corrected chi connectivity index (χ2v) is 6.30. The molecular weight excluding hydrogens is 261 g/mol.